The second-order valence-corrected chi connectivity index (χ2v) is 7.20. The van der Waals surface area contributed by atoms with Crippen molar-refractivity contribution in [2.75, 3.05) is 20.1 Å². The molecule has 0 spiro atoms. The summed E-state index contributed by atoms with van der Waals surface area (Å²) in [6.07, 6.45) is 0.790. The quantitative estimate of drug-likeness (QED) is 0.840. The summed E-state index contributed by atoms with van der Waals surface area (Å²) < 4.78 is 25.3. The molecule has 1 amide bonds. The standard InChI is InChI=1S/C11H15N3O3S2/c1-3-6-13-10(15)8-14(2)19(16,17)11-5-4-9(7-12)18-11/h4-5H,3,6,8H2,1-2H3,(H,13,15). The average molecular weight is 301 g/mol. The van der Waals surface area contributed by atoms with Crippen LogP contribution in [0.2, 0.25) is 0 Å². The molecule has 0 unspecified atom stereocenters. The van der Waals surface area contributed by atoms with E-state index in [0.29, 0.717) is 11.4 Å². The molecule has 1 aromatic rings. The molecule has 0 aliphatic rings. The molecule has 1 rings (SSSR count). The van der Waals surface area contributed by atoms with Gasteiger partial charge in [0.15, 0.2) is 0 Å². The summed E-state index contributed by atoms with van der Waals surface area (Å²) in [5, 5.41) is 11.3. The fourth-order valence-electron chi connectivity index (χ4n) is 1.28. The molecular weight excluding hydrogens is 286 g/mol. The minimum atomic E-state index is -3.71. The van der Waals surface area contributed by atoms with E-state index in [2.05, 4.69) is 5.32 Å². The van der Waals surface area contributed by atoms with E-state index in [1.807, 2.05) is 13.0 Å². The lowest BCUT2D eigenvalue weighted by atomic mass is 10.4. The summed E-state index contributed by atoms with van der Waals surface area (Å²) in [7, 11) is -2.37. The van der Waals surface area contributed by atoms with E-state index < -0.39 is 10.0 Å². The molecule has 104 valence electrons. The van der Waals surface area contributed by atoms with Crippen LogP contribution in [-0.4, -0.2) is 38.8 Å². The van der Waals surface area contributed by atoms with Gasteiger partial charge in [-0.15, -0.1) is 11.3 Å². The summed E-state index contributed by atoms with van der Waals surface area (Å²) in [5.41, 5.74) is 0. The van der Waals surface area contributed by atoms with Crippen LogP contribution in [0, 0.1) is 11.3 Å². The maximum Gasteiger partial charge on any atom is 0.252 e. The molecule has 1 heterocycles. The zero-order valence-corrected chi connectivity index (χ0v) is 12.3. The third kappa shape index (κ3) is 4.02. The van der Waals surface area contributed by atoms with Gasteiger partial charge in [-0.1, -0.05) is 6.92 Å². The number of thiophene rings is 1. The predicted octanol–water partition coefficient (Wildman–Crippen LogP) is 0.766. The van der Waals surface area contributed by atoms with E-state index in [9.17, 15) is 13.2 Å². The monoisotopic (exact) mass is 301 g/mol. The van der Waals surface area contributed by atoms with E-state index in [1.54, 1.807) is 0 Å². The molecule has 0 aliphatic heterocycles. The number of nitriles is 1. The highest BCUT2D eigenvalue weighted by atomic mass is 32.2. The lowest BCUT2D eigenvalue weighted by Gasteiger charge is -2.15. The van der Waals surface area contributed by atoms with Crippen molar-refractivity contribution in [1.29, 1.82) is 5.26 Å². The van der Waals surface area contributed by atoms with Gasteiger partial charge < -0.3 is 5.32 Å². The van der Waals surface area contributed by atoms with Crippen LogP contribution >= 0.6 is 11.3 Å². The van der Waals surface area contributed by atoms with Crippen molar-refractivity contribution in [2.45, 2.75) is 17.6 Å². The molecule has 0 aromatic carbocycles. The zero-order chi connectivity index (χ0) is 14.5. The van der Waals surface area contributed by atoms with Gasteiger partial charge in [-0.2, -0.15) is 9.57 Å². The van der Waals surface area contributed by atoms with E-state index in [-0.39, 0.29) is 16.7 Å². The van der Waals surface area contributed by atoms with E-state index in [0.717, 1.165) is 22.1 Å². The van der Waals surface area contributed by atoms with Gasteiger partial charge in [0.25, 0.3) is 10.0 Å². The molecule has 1 aromatic heterocycles. The number of amides is 1. The highest BCUT2D eigenvalue weighted by molar-refractivity contribution is 7.91. The van der Waals surface area contributed by atoms with Crippen molar-refractivity contribution in [1.82, 2.24) is 9.62 Å². The third-order valence-corrected chi connectivity index (χ3v) is 5.56. The van der Waals surface area contributed by atoms with Crippen molar-refractivity contribution in [3.8, 4) is 6.07 Å². The number of carbonyl (C=O) groups excluding carboxylic acids is 1. The van der Waals surface area contributed by atoms with Gasteiger partial charge in [0.2, 0.25) is 5.91 Å². The number of rotatable bonds is 6. The third-order valence-electron chi connectivity index (χ3n) is 2.29. The van der Waals surface area contributed by atoms with Crippen molar-refractivity contribution in [3.05, 3.63) is 17.0 Å². The second-order valence-electron chi connectivity index (χ2n) is 3.84. The number of nitrogens with zero attached hydrogens (tertiary/aromatic N) is 2. The number of likely N-dealkylation sites (N-methyl/N-ethyl adjacent to an activating group) is 1. The van der Waals surface area contributed by atoms with E-state index in [4.69, 9.17) is 5.26 Å². The van der Waals surface area contributed by atoms with E-state index >= 15 is 0 Å². The number of carbonyl (C=O) groups is 1. The Morgan fingerprint density at radius 1 is 1.53 bits per heavy atom. The van der Waals surface area contributed by atoms with E-state index in [1.165, 1.54) is 19.2 Å². The van der Waals surface area contributed by atoms with Crippen molar-refractivity contribution >= 4 is 27.3 Å². The summed E-state index contributed by atoms with van der Waals surface area (Å²) in [4.78, 5) is 11.8. The van der Waals surface area contributed by atoms with Crippen LogP contribution in [0.4, 0.5) is 0 Å². The Balaban J connectivity index is 2.77. The first-order valence-corrected chi connectivity index (χ1v) is 7.90. The van der Waals surface area contributed by atoms with Gasteiger partial charge in [0.05, 0.1) is 6.54 Å². The van der Waals surface area contributed by atoms with Gasteiger partial charge in [-0.05, 0) is 18.6 Å². The number of hydrogen-bond acceptors (Lipinski definition) is 5. The van der Waals surface area contributed by atoms with Crippen LogP contribution < -0.4 is 5.32 Å². The predicted molar refractivity (Wildman–Crippen MR) is 72.2 cm³/mol. The fourth-order valence-corrected chi connectivity index (χ4v) is 3.72. The lowest BCUT2D eigenvalue weighted by Crippen LogP contribution is -2.38. The lowest BCUT2D eigenvalue weighted by molar-refractivity contribution is -0.121. The van der Waals surface area contributed by atoms with Crippen LogP contribution in [-0.2, 0) is 14.8 Å². The molecule has 1 N–H and O–H groups in total. The molecule has 6 nitrogen and oxygen atoms in total. The largest absolute Gasteiger partial charge is 0.355 e. The van der Waals surface area contributed by atoms with Crippen molar-refractivity contribution < 1.29 is 13.2 Å². The Hall–Kier alpha value is -1.43. The first kappa shape index (κ1) is 15.6. The maximum atomic E-state index is 12.1. The minimum absolute atomic E-state index is 0.0647. The summed E-state index contributed by atoms with van der Waals surface area (Å²) in [6.45, 7) is 2.20. The van der Waals surface area contributed by atoms with Crippen LogP contribution in [0.15, 0.2) is 16.3 Å². The molecule has 0 atom stereocenters. The van der Waals surface area contributed by atoms with Crippen LogP contribution in [0.5, 0.6) is 0 Å². The highest BCUT2D eigenvalue weighted by Crippen LogP contribution is 2.23. The highest BCUT2D eigenvalue weighted by Gasteiger charge is 2.24. The summed E-state index contributed by atoms with van der Waals surface area (Å²) in [5.74, 6) is -0.343. The summed E-state index contributed by atoms with van der Waals surface area (Å²) >= 11 is 0.891. The maximum absolute atomic E-state index is 12.1. The van der Waals surface area contributed by atoms with Crippen molar-refractivity contribution in [3.63, 3.8) is 0 Å². The first-order valence-electron chi connectivity index (χ1n) is 5.64. The van der Waals surface area contributed by atoms with Crippen LogP contribution in [0.25, 0.3) is 0 Å². The molecule has 0 saturated carbocycles. The normalized spacial score (nSPS) is 11.3. The Morgan fingerprint density at radius 2 is 2.21 bits per heavy atom. The van der Waals surface area contributed by atoms with Gasteiger partial charge >= 0.3 is 0 Å². The SMILES string of the molecule is CCCNC(=O)CN(C)S(=O)(=O)c1ccc(C#N)s1. The van der Waals surface area contributed by atoms with Gasteiger partial charge in [-0.25, -0.2) is 8.42 Å². The van der Waals surface area contributed by atoms with Gasteiger partial charge in [0, 0.05) is 13.6 Å². The van der Waals surface area contributed by atoms with Gasteiger partial charge in [-0.3, -0.25) is 4.79 Å². The number of nitrogens with one attached hydrogen (secondary N) is 1. The topological polar surface area (TPSA) is 90.3 Å². The first-order chi connectivity index (χ1) is 8.91. The Morgan fingerprint density at radius 3 is 2.74 bits per heavy atom. The Labute approximate surface area is 116 Å². The number of hydrogen-bond donors (Lipinski definition) is 1. The molecule has 8 heteroatoms. The molecule has 0 bridgehead atoms. The molecule has 0 fully saturated rings. The molecular formula is C11H15N3O3S2. The smallest absolute Gasteiger partial charge is 0.252 e. The van der Waals surface area contributed by atoms with Crippen molar-refractivity contribution in [2.24, 2.45) is 0 Å². The molecule has 0 saturated heterocycles. The second kappa shape index (κ2) is 6.65. The average Bonchev–Trinajstić information content (AvgIpc) is 2.85. The van der Waals surface area contributed by atoms with Crippen LogP contribution in [0.1, 0.15) is 18.2 Å². The molecule has 19 heavy (non-hydrogen) atoms. The minimum Gasteiger partial charge on any atom is -0.355 e. The number of sulfonamides is 1. The summed E-state index contributed by atoms with van der Waals surface area (Å²) in [6, 6.07) is 4.70. The zero-order valence-electron chi connectivity index (χ0n) is 10.7. The van der Waals surface area contributed by atoms with Crippen LogP contribution in [0.3, 0.4) is 0 Å². The Kier molecular flexibility index (Phi) is 5.47. The molecule has 0 aliphatic carbocycles. The fraction of sp³-hybridized carbons (Fsp3) is 0.455. The Bertz CT molecular complexity index is 587. The molecule has 0 radical (unpaired) electrons. The van der Waals surface area contributed by atoms with Gasteiger partial charge in [0.1, 0.15) is 15.2 Å².